The van der Waals surface area contributed by atoms with E-state index in [9.17, 15) is 31.2 Å². The third-order valence-electron chi connectivity index (χ3n) is 6.13. The number of hydrogen-bond acceptors (Lipinski definition) is 5. The Kier molecular flexibility index (Phi) is 11.5. The minimum absolute atomic E-state index is 0.0558. The van der Waals surface area contributed by atoms with Crippen LogP contribution in [-0.2, 0) is 19.6 Å². The summed E-state index contributed by atoms with van der Waals surface area (Å²) in [6.07, 6.45) is -2.83. The molecule has 1 heterocycles. The van der Waals surface area contributed by atoms with Gasteiger partial charge < -0.3 is 15.3 Å². The van der Waals surface area contributed by atoms with Gasteiger partial charge >= 0.3 is 12.1 Å². The summed E-state index contributed by atoms with van der Waals surface area (Å²) >= 11 is 0. The lowest BCUT2D eigenvalue weighted by molar-refractivity contribution is -0.192. The molecular weight excluding hydrogens is 551 g/mol. The van der Waals surface area contributed by atoms with Gasteiger partial charge in [0.15, 0.2) is 0 Å². The number of alkyl halides is 3. The van der Waals surface area contributed by atoms with Crippen molar-refractivity contribution in [1.29, 1.82) is 0 Å². The van der Waals surface area contributed by atoms with E-state index in [0.29, 0.717) is 49.6 Å². The van der Waals surface area contributed by atoms with E-state index in [0.717, 1.165) is 12.0 Å². The molecule has 2 aromatic rings. The Morgan fingerprint density at radius 3 is 2.00 bits per heavy atom. The molecule has 0 saturated carbocycles. The molecule has 1 aliphatic rings. The van der Waals surface area contributed by atoms with Gasteiger partial charge in [0, 0.05) is 36.8 Å². The van der Waals surface area contributed by atoms with Gasteiger partial charge in [0.1, 0.15) is 0 Å². The highest BCUT2D eigenvalue weighted by Gasteiger charge is 2.38. The number of carboxylic acids is 1. The molecule has 0 aromatic heterocycles. The second-order valence-electron chi connectivity index (χ2n) is 9.84. The van der Waals surface area contributed by atoms with Crippen molar-refractivity contribution in [3.8, 4) is 0 Å². The Hall–Kier alpha value is -3.61. The number of halogens is 3. The first-order valence-electron chi connectivity index (χ1n) is 12.7. The Labute approximate surface area is 231 Å². The molecule has 2 aromatic carbocycles. The maximum Gasteiger partial charge on any atom is 0.490 e. The zero-order valence-electron chi connectivity index (χ0n) is 22.5. The number of carboxylic acid groups (broad SMARTS) is 1. The van der Waals surface area contributed by atoms with Crippen LogP contribution in [0.5, 0.6) is 0 Å². The number of carbonyl (C=O) groups excluding carboxylic acids is 2. The number of hydrogen-bond donors (Lipinski definition) is 3. The number of carbonyl (C=O) groups is 3. The van der Waals surface area contributed by atoms with Crippen LogP contribution in [0.4, 0.5) is 18.9 Å². The van der Waals surface area contributed by atoms with Crippen molar-refractivity contribution < 1.29 is 41.1 Å². The van der Waals surface area contributed by atoms with Crippen molar-refractivity contribution in [3.63, 3.8) is 0 Å². The monoisotopic (exact) mass is 585 g/mol. The van der Waals surface area contributed by atoms with Crippen LogP contribution in [0.2, 0.25) is 0 Å². The maximum atomic E-state index is 12.9. The number of anilines is 1. The fourth-order valence-electron chi connectivity index (χ4n) is 3.77. The first-order chi connectivity index (χ1) is 18.6. The molecule has 40 heavy (non-hydrogen) atoms. The molecule has 1 saturated heterocycles. The summed E-state index contributed by atoms with van der Waals surface area (Å²) in [4.78, 5) is 36.0. The average molecular weight is 586 g/mol. The fourth-order valence-corrected chi connectivity index (χ4v) is 4.83. The van der Waals surface area contributed by atoms with Gasteiger partial charge in [-0.1, -0.05) is 31.5 Å². The fraction of sp³-hybridized carbons (Fsp3) is 0.444. The first-order valence-corrected chi connectivity index (χ1v) is 14.1. The minimum atomic E-state index is -5.08. The summed E-state index contributed by atoms with van der Waals surface area (Å²) in [5.41, 5.74) is 1.87. The number of rotatable bonds is 8. The van der Waals surface area contributed by atoms with E-state index in [4.69, 9.17) is 9.90 Å². The Morgan fingerprint density at radius 2 is 1.52 bits per heavy atom. The van der Waals surface area contributed by atoms with Gasteiger partial charge in [-0.15, -0.1) is 0 Å². The summed E-state index contributed by atoms with van der Waals surface area (Å²) in [5, 5.41) is 10.1. The highest BCUT2D eigenvalue weighted by molar-refractivity contribution is 7.92. The Bertz CT molecular complexity index is 1260. The summed E-state index contributed by atoms with van der Waals surface area (Å²) in [6.45, 7) is 7.90. The van der Waals surface area contributed by atoms with Crippen molar-refractivity contribution in [2.45, 2.75) is 51.1 Å². The number of piperidine rings is 1. The number of sulfonamides is 1. The second kappa shape index (κ2) is 14.1. The normalized spacial score (nSPS) is 14.2. The maximum absolute atomic E-state index is 12.9. The lowest BCUT2D eigenvalue weighted by Gasteiger charge is -2.31. The number of aryl methyl sites for hydroxylation is 1. The van der Waals surface area contributed by atoms with Gasteiger partial charge in [0.2, 0.25) is 5.91 Å². The molecule has 0 unspecified atom stereocenters. The topological polar surface area (TPSA) is 133 Å². The van der Waals surface area contributed by atoms with Crippen LogP contribution in [0.1, 0.15) is 49.0 Å². The van der Waals surface area contributed by atoms with Crippen molar-refractivity contribution >= 4 is 33.5 Å². The van der Waals surface area contributed by atoms with E-state index in [2.05, 4.69) is 23.9 Å². The highest BCUT2D eigenvalue weighted by Crippen LogP contribution is 2.21. The standard InChI is InChI=1S/C25H33N3O4S.C2HF3O2/c1-18(2)12-15-26-24(29)20-13-16-28(17-14-20)25(30)21-6-8-22(9-7-21)27-33(31,32)23-10-4-19(3)5-11-23;3-2(4,5)1(6)7/h4-11,18,20,27H,12-17H2,1-3H3,(H,26,29);(H,6,7). The molecule has 0 aliphatic carbocycles. The largest absolute Gasteiger partial charge is 0.490 e. The third kappa shape index (κ3) is 10.2. The molecule has 9 nitrogen and oxygen atoms in total. The van der Waals surface area contributed by atoms with E-state index >= 15 is 0 Å². The molecular formula is C27H34F3N3O6S. The van der Waals surface area contributed by atoms with Crippen LogP contribution < -0.4 is 10.0 Å². The molecule has 0 spiro atoms. The van der Waals surface area contributed by atoms with Crippen LogP contribution in [0.15, 0.2) is 53.4 Å². The number of likely N-dealkylation sites (tertiary alicyclic amines) is 1. The summed E-state index contributed by atoms with van der Waals surface area (Å²) < 4.78 is 59.4. The van der Waals surface area contributed by atoms with E-state index in [1.165, 1.54) is 0 Å². The minimum Gasteiger partial charge on any atom is -0.475 e. The first kappa shape index (κ1) is 32.6. The Balaban J connectivity index is 0.000000708. The molecule has 1 aliphatic heterocycles. The predicted octanol–water partition coefficient (Wildman–Crippen LogP) is 4.44. The predicted molar refractivity (Wildman–Crippen MR) is 143 cm³/mol. The SMILES string of the molecule is Cc1ccc(S(=O)(=O)Nc2ccc(C(=O)N3CCC(C(=O)NCCC(C)C)CC3)cc2)cc1.O=C(O)C(F)(F)F. The highest BCUT2D eigenvalue weighted by atomic mass is 32.2. The smallest absolute Gasteiger partial charge is 0.475 e. The van der Waals surface area contributed by atoms with Crippen LogP contribution in [-0.4, -0.2) is 62.0 Å². The van der Waals surface area contributed by atoms with Gasteiger partial charge in [-0.25, -0.2) is 13.2 Å². The second-order valence-corrected chi connectivity index (χ2v) is 11.5. The number of benzene rings is 2. The molecule has 1 fully saturated rings. The van der Waals surface area contributed by atoms with Crippen LogP contribution in [0, 0.1) is 18.8 Å². The number of amides is 2. The molecule has 220 valence electrons. The zero-order valence-corrected chi connectivity index (χ0v) is 23.3. The van der Waals surface area contributed by atoms with E-state index in [1.54, 1.807) is 53.4 Å². The van der Waals surface area contributed by atoms with Gasteiger partial charge in [0.25, 0.3) is 15.9 Å². The average Bonchev–Trinajstić information content (AvgIpc) is 2.88. The molecule has 0 bridgehead atoms. The van der Waals surface area contributed by atoms with E-state index in [-0.39, 0.29) is 22.6 Å². The van der Waals surface area contributed by atoms with Crippen LogP contribution in [0.3, 0.4) is 0 Å². The van der Waals surface area contributed by atoms with Gasteiger partial charge in [0.05, 0.1) is 4.90 Å². The van der Waals surface area contributed by atoms with Crippen molar-refractivity contribution in [2.75, 3.05) is 24.4 Å². The zero-order chi connectivity index (χ0) is 30.1. The summed E-state index contributed by atoms with van der Waals surface area (Å²) in [5.74, 6) is -2.30. The van der Waals surface area contributed by atoms with E-state index < -0.39 is 22.2 Å². The Morgan fingerprint density at radius 1 is 1.00 bits per heavy atom. The molecule has 13 heteroatoms. The van der Waals surface area contributed by atoms with Crippen molar-refractivity contribution in [1.82, 2.24) is 10.2 Å². The lowest BCUT2D eigenvalue weighted by Crippen LogP contribution is -2.43. The van der Waals surface area contributed by atoms with Gasteiger partial charge in [-0.05, 0) is 68.5 Å². The van der Waals surface area contributed by atoms with Crippen molar-refractivity contribution in [3.05, 3.63) is 59.7 Å². The molecule has 0 radical (unpaired) electrons. The number of aliphatic carboxylic acids is 1. The molecule has 0 atom stereocenters. The molecule has 3 rings (SSSR count). The number of nitrogens with zero attached hydrogens (tertiary/aromatic N) is 1. The lowest BCUT2D eigenvalue weighted by atomic mass is 9.95. The quantitative estimate of drug-likeness (QED) is 0.420. The summed E-state index contributed by atoms with van der Waals surface area (Å²) in [7, 11) is -3.69. The van der Waals surface area contributed by atoms with E-state index in [1.807, 2.05) is 6.92 Å². The number of nitrogens with one attached hydrogen (secondary N) is 2. The molecule has 3 N–H and O–H groups in total. The summed E-state index contributed by atoms with van der Waals surface area (Å²) in [6, 6.07) is 13.0. The molecule has 2 amide bonds. The van der Waals surface area contributed by atoms with Crippen molar-refractivity contribution in [2.24, 2.45) is 11.8 Å². The third-order valence-corrected chi connectivity index (χ3v) is 7.53. The van der Waals surface area contributed by atoms with Crippen LogP contribution >= 0.6 is 0 Å². The van der Waals surface area contributed by atoms with Gasteiger partial charge in [-0.3, -0.25) is 14.3 Å². The van der Waals surface area contributed by atoms with Crippen LogP contribution in [0.25, 0.3) is 0 Å². The van der Waals surface area contributed by atoms with Gasteiger partial charge in [-0.2, -0.15) is 13.2 Å².